The van der Waals surface area contributed by atoms with Crippen molar-refractivity contribution in [3.05, 3.63) is 0 Å². The fourth-order valence-corrected chi connectivity index (χ4v) is 0.885. The Morgan fingerprint density at radius 2 is 2.20 bits per heavy atom. The van der Waals surface area contributed by atoms with Crippen molar-refractivity contribution in [3.8, 4) is 0 Å². The maximum absolute atomic E-state index is 10.4. The lowest BCUT2D eigenvalue weighted by Crippen LogP contribution is -2.31. The minimum absolute atomic E-state index is 0.379. The number of hydrogen-bond donors (Lipinski definition) is 2. The molecule has 0 bridgehead atoms. The van der Waals surface area contributed by atoms with E-state index in [1.54, 1.807) is 4.72 Å². The number of carbonyl (C=O) groups is 1. The lowest BCUT2D eigenvalue weighted by molar-refractivity contribution is -0.120. The van der Waals surface area contributed by atoms with E-state index in [4.69, 9.17) is 0 Å². The Kier molecular flexibility index (Phi) is 3.69. The summed E-state index contributed by atoms with van der Waals surface area (Å²) in [7, 11) is -3.46. The van der Waals surface area contributed by atoms with E-state index in [1.807, 2.05) is 0 Å². The topological polar surface area (TPSA) is 72.5 Å². The van der Waals surface area contributed by atoms with Crippen LogP contribution in [-0.4, -0.2) is 27.2 Å². The molecule has 0 saturated heterocycles. The largest absolute Gasteiger partial charge is 0.309 e. The Morgan fingerprint density at radius 3 is 2.50 bits per heavy atom. The van der Waals surface area contributed by atoms with Crippen LogP contribution in [-0.2, 0) is 19.0 Å². The second kappa shape index (κ2) is 3.79. The number of thiol groups is 1. The molecule has 0 aromatic carbocycles. The number of rotatable bonds is 3. The van der Waals surface area contributed by atoms with E-state index in [0.717, 1.165) is 6.26 Å². The van der Waals surface area contributed by atoms with Gasteiger partial charge >= 0.3 is 0 Å². The standard InChI is InChI=1S/C3H7NO4S2/c1-10(6,7)4-3(5)2-8-9/h9H,2H2,1H3,(H,4,5). The first-order valence-corrected chi connectivity index (χ1v) is 4.48. The van der Waals surface area contributed by atoms with Crippen molar-refractivity contribution in [1.82, 2.24) is 4.72 Å². The van der Waals surface area contributed by atoms with E-state index in [-0.39, 0.29) is 6.61 Å². The van der Waals surface area contributed by atoms with Gasteiger partial charge in [-0.05, 0) is 12.9 Å². The third-order valence-electron chi connectivity index (χ3n) is 0.495. The van der Waals surface area contributed by atoms with Crippen LogP contribution in [0, 0.1) is 0 Å². The van der Waals surface area contributed by atoms with Crippen molar-refractivity contribution in [1.29, 1.82) is 0 Å². The molecule has 0 aliphatic carbocycles. The lowest BCUT2D eigenvalue weighted by Gasteiger charge is -1.98. The number of carbonyl (C=O) groups excluding carboxylic acids is 1. The predicted molar refractivity (Wildman–Crippen MR) is 37.9 cm³/mol. The molecule has 0 spiro atoms. The molecule has 0 fully saturated rings. The van der Waals surface area contributed by atoms with Gasteiger partial charge in [-0.25, -0.2) is 8.42 Å². The molecule has 0 radical (unpaired) electrons. The third-order valence-corrected chi connectivity index (χ3v) is 1.22. The molecule has 0 unspecified atom stereocenters. The molecule has 10 heavy (non-hydrogen) atoms. The Morgan fingerprint density at radius 1 is 1.70 bits per heavy atom. The average Bonchev–Trinajstić information content (AvgIpc) is 1.59. The molecule has 0 aliphatic rings. The van der Waals surface area contributed by atoms with Crippen molar-refractivity contribution in [2.75, 3.05) is 12.9 Å². The van der Waals surface area contributed by atoms with Gasteiger partial charge in [-0.2, -0.15) is 0 Å². The van der Waals surface area contributed by atoms with Crippen LogP contribution in [0.15, 0.2) is 0 Å². The highest BCUT2D eigenvalue weighted by Crippen LogP contribution is 1.79. The van der Waals surface area contributed by atoms with Crippen molar-refractivity contribution in [2.45, 2.75) is 0 Å². The molecule has 5 nitrogen and oxygen atoms in total. The number of sulfonamides is 1. The molecular formula is C3H7NO4S2. The normalized spacial score (nSPS) is 11.0. The zero-order valence-electron chi connectivity index (χ0n) is 5.20. The third kappa shape index (κ3) is 5.86. The van der Waals surface area contributed by atoms with E-state index < -0.39 is 15.9 Å². The van der Waals surface area contributed by atoms with E-state index in [1.165, 1.54) is 0 Å². The van der Waals surface area contributed by atoms with Crippen LogP contribution >= 0.6 is 12.9 Å². The van der Waals surface area contributed by atoms with Crippen LogP contribution in [0.25, 0.3) is 0 Å². The van der Waals surface area contributed by atoms with Gasteiger partial charge in [-0.1, -0.05) is 0 Å². The van der Waals surface area contributed by atoms with Crippen molar-refractivity contribution in [3.63, 3.8) is 0 Å². The Bertz CT molecular complexity index is 209. The van der Waals surface area contributed by atoms with Gasteiger partial charge < -0.3 is 4.18 Å². The maximum Gasteiger partial charge on any atom is 0.260 e. The minimum atomic E-state index is -3.46. The first kappa shape index (κ1) is 9.73. The Balaban J connectivity index is 3.82. The summed E-state index contributed by atoms with van der Waals surface area (Å²) in [5.74, 6) is -0.738. The van der Waals surface area contributed by atoms with Crippen molar-refractivity contribution < 1.29 is 17.4 Å². The van der Waals surface area contributed by atoms with Gasteiger partial charge in [-0.15, -0.1) is 0 Å². The summed E-state index contributed by atoms with van der Waals surface area (Å²) in [6, 6.07) is 0. The molecule has 1 amide bonds. The molecule has 0 heterocycles. The summed E-state index contributed by atoms with van der Waals surface area (Å²) in [4.78, 5) is 10.4. The Hall–Kier alpha value is -0.270. The first-order chi connectivity index (χ1) is 4.45. The monoisotopic (exact) mass is 185 g/mol. The van der Waals surface area contributed by atoms with Gasteiger partial charge in [0.2, 0.25) is 10.0 Å². The summed E-state index contributed by atoms with van der Waals surface area (Å²) in [6.07, 6.45) is 0.878. The van der Waals surface area contributed by atoms with Crippen molar-refractivity contribution in [2.24, 2.45) is 0 Å². The quantitative estimate of drug-likeness (QED) is 0.433. The molecule has 1 N–H and O–H groups in total. The number of hydrogen-bond acceptors (Lipinski definition) is 5. The molecular weight excluding hydrogens is 178 g/mol. The van der Waals surface area contributed by atoms with Crippen LogP contribution < -0.4 is 4.72 Å². The van der Waals surface area contributed by atoms with Gasteiger partial charge in [0, 0.05) is 0 Å². The second-order valence-electron chi connectivity index (χ2n) is 1.57. The zero-order chi connectivity index (χ0) is 8.20. The highest BCUT2D eigenvalue weighted by atomic mass is 32.2. The molecule has 60 valence electrons. The summed E-state index contributed by atoms with van der Waals surface area (Å²) in [6.45, 7) is -0.379. The summed E-state index contributed by atoms with van der Waals surface area (Å²) in [5.41, 5.74) is 0. The van der Waals surface area contributed by atoms with Gasteiger partial charge in [0.25, 0.3) is 5.91 Å². The SMILES string of the molecule is CS(=O)(=O)NC(=O)COS. The summed E-state index contributed by atoms with van der Waals surface area (Å²) >= 11 is 3.25. The molecule has 0 atom stereocenters. The van der Waals surface area contributed by atoms with Crippen LogP contribution in [0.2, 0.25) is 0 Å². The minimum Gasteiger partial charge on any atom is -0.309 e. The van der Waals surface area contributed by atoms with E-state index in [0.29, 0.717) is 0 Å². The molecule has 7 heteroatoms. The lowest BCUT2D eigenvalue weighted by atomic mass is 10.7. The highest BCUT2D eigenvalue weighted by molar-refractivity contribution is 7.89. The average molecular weight is 185 g/mol. The zero-order valence-corrected chi connectivity index (χ0v) is 6.91. The smallest absolute Gasteiger partial charge is 0.260 e. The molecule has 0 aromatic rings. The van der Waals surface area contributed by atoms with E-state index in [2.05, 4.69) is 17.1 Å². The van der Waals surface area contributed by atoms with Gasteiger partial charge in [0.1, 0.15) is 6.61 Å². The van der Waals surface area contributed by atoms with Crippen LogP contribution in [0.1, 0.15) is 0 Å². The number of nitrogens with one attached hydrogen (secondary N) is 1. The molecule has 0 aliphatic heterocycles. The van der Waals surface area contributed by atoms with Gasteiger partial charge in [0.15, 0.2) is 0 Å². The summed E-state index contributed by atoms with van der Waals surface area (Å²) < 4.78 is 26.4. The number of amides is 1. The summed E-state index contributed by atoms with van der Waals surface area (Å²) in [5, 5.41) is 0. The maximum atomic E-state index is 10.4. The fraction of sp³-hybridized carbons (Fsp3) is 0.667. The predicted octanol–water partition coefficient (Wildman–Crippen LogP) is -1.08. The van der Waals surface area contributed by atoms with Crippen LogP contribution in [0.5, 0.6) is 0 Å². The second-order valence-corrected chi connectivity index (χ2v) is 3.58. The molecule has 0 rings (SSSR count). The fourth-order valence-electron chi connectivity index (χ4n) is 0.295. The highest BCUT2D eigenvalue weighted by Gasteiger charge is 2.06. The van der Waals surface area contributed by atoms with Crippen molar-refractivity contribution >= 4 is 28.8 Å². The Labute approximate surface area is 64.4 Å². The van der Waals surface area contributed by atoms with Crippen LogP contribution in [0.4, 0.5) is 0 Å². The van der Waals surface area contributed by atoms with E-state index >= 15 is 0 Å². The van der Waals surface area contributed by atoms with Gasteiger partial charge in [0.05, 0.1) is 6.26 Å². The molecule has 0 aromatic heterocycles. The van der Waals surface area contributed by atoms with Crippen LogP contribution in [0.3, 0.4) is 0 Å². The van der Waals surface area contributed by atoms with Gasteiger partial charge in [-0.3, -0.25) is 9.52 Å². The van der Waals surface area contributed by atoms with E-state index in [9.17, 15) is 13.2 Å². The molecule has 0 saturated carbocycles. The first-order valence-electron chi connectivity index (χ1n) is 2.22.